The molecule has 4 heteroatoms. The lowest BCUT2D eigenvalue weighted by Gasteiger charge is -2.21. The van der Waals surface area contributed by atoms with Crippen molar-refractivity contribution >= 4 is 54.1 Å². The topological polar surface area (TPSA) is 43.6 Å². The largest absolute Gasteiger partial charge is 0.309 e. The predicted octanol–water partition coefficient (Wildman–Crippen LogP) is 15.4. The van der Waals surface area contributed by atoms with Gasteiger partial charge in [0.25, 0.3) is 0 Å². The average molecular weight is 817 g/mol. The number of fused-ring (bicyclic) bond motifs is 12. The third kappa shape index (κ3) is 5.45. The van der Waals surface area contributed by atoms with E-state index in [1.807, 2.05) is 36.4 Å². The average Bonchev–Trinajstić information content (AvgIpc) is 3.80. The molecule has 0 unspecified atom stereocenters. The summed E-state index contributed by atoms with van der Waals surface area (Å²) in [5.74, 6) is 1.92. The monoisotopic (exact) mass is 816 g/mol. The molecule has 4 nitrogen and oxygen atoms in total. The van der Waals surface area contributed by atoms with Gasteiger partial charge in [-0.3, -0.25) is 0 Å². The molecule has 13 rings (SSSR count). The van der Waals surface area contributed by atoms with Crippen LogP contribution in [-0.4, -0.2) is 19.5 Å². The molecule has 0 saturated carbocycles. The van der Waals surface area contributed by atoms with Crippen molar-refractivity contribution in [1.82, 2.24) is 19.5 Å². The summed E-state index contributed by atoms with van der Waals surface area (Å²) in [5.41, 5.74) is 13.9. The zero-order valence-electron chi connectivity index (χ0n) is 35.4. The maximum atomic E-state index is 5.34. The van der Waals surface area contributed by atoms with Crippen LogP contribution < -0.4 is 0 Å². The van der Waals surface area contributed by atoms with Crippen LogP contribution in [0.2, 0.25) is 0 Å². The van der Waals surface area contributed by atoms with E-state index in [-0.39, 0.29) is 5.41 Å². The second-order valence-electron chi connectivity index (χ2n) is 17.6. The van der Waals surface area contributed by atoms with Gasteiger partial charge in [-0.15, -0.1) is 0 Å². The van der Waals surface area contributed by atoms with E-state index < -0.39 is 0 Å². The minimum atomic E-state index is -0.118. The Kier molecular flexibility index (Phi) is 7.92. The zero-order valence-corrected chi connectivity index (χ0v) is 35.4. The molecule has 0 aliphatic heterocycles. The van der Waals surface area contributed by atoms with Gasteiger partial charge in [0.05, 0.1) is 11.0 Å². The first-order valence-electron chi connectivity index (χ1n) is 22.0. The molecular weight excluding hydrogens is 777 g/mol. The fourth-order valence-electron chi connectivity index (χ4n) is 10.6. The number of benzene rings is 10. The van der Waals surface area contributed by atoms with Gasteiger partial charge in [-0.05, 0) is 109 Å². The van der Waals surface area contributed by atoms with Crippen molar-refractivity contribution in [3.63, 3.8) is 0 Å². The van der Waals surface area contributed by atoms with E-state index in [2.05, 4.69) is 188 Å². The van der Waals surface area contributed by atoms with Crippen LogP contribution in [0.4, 0.5) is 0 Å². The van der Waals surface area contributed by atoms with Gasteiger partial charge >= 0.3 is 0 Å². The molecular formula is C60H40N4. The number of hydrogen-bond donors (Lipinski definition) is 0. The molecule has 2 heterocycles. The molecule has 0 fully saturated rings. The summed E-state index contributed by atoms with van der Waals surface area (Å²) in [5, 5.41) is 9.52. The fraction of sp³-hybridized carbons (Fsp3) is 0.0500. The smallest absolute Gasteiger partial charge is 0.164 e. The van der Waals surface area contributed by atoms with Crippen LogP contribution in [0.3, 0.4) is 0 Å². The summed E-state index contributed by atoms with van der Waals surface area (Å²) in [7, 11) is 0. The Bertz CT molecular complexity index is 3790. The predicted molar refractivity (Wildman–Crippen MR) is 266 cm³/mol. The van der Waals surface area contributed by atoms with Crippen molar-refractivity contribution in [1.29, 1.82) is 0 Å². The number of hydrogen-bond acceptors (Lipinski definition) is 3. The Morgan fingerprint density at radius 1 is 0.328 bits per heavy atom. The maximum Gasteiger partial charge on any atom is 0.164 e. The minimum absolute atomic E-state index is 0.118. The lowest BCUT2D eigenvalue weighted by Crippen LogP contribution is -2.14. The first-order chi connectivity index (χ1) is 31.5. The summed E-state index contributed by atoms with van der Waals surface area (Å²) in [6, 6.07) is 74.4. The number of aromatic nitrogens is 4. The lowest BCUT2D eigenvalue weighted by molar-refractivity contribution is 0.661. The third-order valence-electron chi connectivity index (χ3n) is 13.6. The number of rotatable bonds is 5. The Hall–Kier alpha value is -8.21. The summed E-state index contributed by atoms with van der Waals surface area (Å²) >= 11 is 0. The van der Waals surface area contributed by atoms with Gasteiger partial charge in [0.1, 0.15) is 0 Å². The molecule has 0 spiro atoms. The van der Waals surface area contributed by atoms with Crippen molar-refractivity contribution in [3.05, 3.63) is 217 Å². The molecule has 0 radical (unpaired) electrons. The first kappa shape index (κ1) is 36.4. The molecule has 1 aliphatic carbocycles. The highest BCUT2D eigenvalue weighted by Crippen LogP contribution is 2.51. The van der Waals surface area contributed by atoms with Crippen LogP contribution >= 0.6 is 0 Å². The molecule has 12 aromatic rings. The van der Waals surface area contributed by atoms with Gasteiger partial charge in [-0.2, -0.15) is 0 Å². The highest BCUT2D eigenvalue weighted by Gasteiger charge is 2.36. The van der Waals surface area contributed by atoms with E-state index >= 15 is 0 Å². The van der Waals surface area contributed by atoms with Gasteiger partial charge in [0, 0.05) is 44.0 Å². The first-order valence-corrected chi connectivity index (χ1v) is 22.0. The summed E-state index contributed by atoms with van der Waals surface area (Å²) < 4.78 is 2.44. The Morgan fingerprint density at radius 3 is 1.55 bits per heavy atom. The van der Waals surface area contributed by atoms with Gasteiger partial charge in [0.15, 0.2) is 17.5 Å². The van der Waals surface area contributed by atoms with Gasteiger partial charge in [0.2, 0.25) is 0 Å². The Balaban J connectivity index is 1.13. The van der Waals surface area contributed by atoms with Gasteiger partial charge in [-0.1, -0.05) is 172 Å². The van der Waals surface area contributed by atoms with Gasteiger partial charge < -0.3 is 4.57 Å². The van der Waals surface area contributed by atoms with E-state index in [9.17, 15) is 0 Å². The second-order valence-corrected chi connectivity index (χ2v) is 17.6. The van der Waals surface area contributed by atoms with Crippen molar-refractivity contribution in [2.75, 3.05) is 0 Å². The molecule has 1 aliphatic rings. The molecule has 0 amide bonds. The molecule has 0 bridgehead atoms. The molecule has 300 valence electrons. The van der Waals surface area contributed by atoms with Crippen LogP contribution in [0.1, 0.15) is 25.0 Å². The maximum absolute atomic E-state index is 5.34. The van der Waals surface area contributed by atoms with Crippen molar-refractivity contribution < 1.29 is 0 Å². The van der Waals surface area contributed by atoms with E-state index in [4.69, 9.17) is 15.0 Å². The van der Waals surface area contributed by atoms with Crippen molar-refractivity contribution in [3.8, 4) is 62.1 Å². The highest BCUT2D eigenvalue weighted by atomic mass is 15.0. The fourth-order valence-corrected chi connectivity index (χ4v) is 10.6. The van der Waals surface area contributed by atoms with Crippen LogP contribution in [-0.2, 0) is 5.41 Å². The van der Waals surface area contributed by atoms with Crippen LogP contribution in [0.5, 0.6) is 0 Å². The molecule has 0 N–H and O–H groups in total. The second kappa shape index (κ2) is 13.9. The summed E-state index contributed by atoms with van der Waals surface area (Å²) in [6.07, 6.45) is 0. The Morgan fingerprint density at radius 2 is 0.859 bits per heavy atom. The molecule has 2 aromatic heterocycles. The number of para-hydroxylation sites is 1. The third-order valence-corrected chi connectivity index (χ3v) is 13.6. The standard InChI is InChI=1S/C60H40N4/c1-60(2)52-29-17-16-27-45(52)47-35-49-48-32-39(30-31-54(48)64(55(49)36-53(47)60)41-22-10-5-11-23-41)40-33-50-44-26-13-12-24-42(44)43-25-14-15-28-46(43)56(50)51(34-40)59-62-57(37-18-6-3-7-19-37)61-58(63-59)38-20-8-4-9-21-38/h3-36H,1-2H3. The van der Waals surface area contributed by atoms with E-state index in [1.54, 1.807) is 0 Å². The van der Waals surface area contributed by atoms with E-state index in [1.165, 1.54) is 65.6 Å². The minimum Gasteiger partial charge on any atom is -0.309 e. The zero-order chi connectivity index (χ0) is 42.5. The molecule has 64 heavy (non-hydrogen) atoms. The van der Waals surface area contributed by atoms with Crippen LogP contribution in [0, 0.1) is 0 Å². The van der Waals surface area contributed by atoms with Crippen LogP contribution in [0.25, 0.3) is 116 Å². The molecule has 0 saturated heterocycles. The number of nitrogens with zero attached hydrogens (tertiary/aromatic N) is 4. The van der Waals surface area contributed by atoms with E-state index in [0.29, 0.717) is 17.5 Å². The SMILES string of the molecule is CC1(C)c2ccccc2-c2cc3c4cc(-c5cc(-c6nc(-c7ccccc7)nc(-c7ccccc7)n6)c6c7ccccc7c7ccccc7c6c5)ccc4n(-c4ccccc4)c3cc21. The quantitative estimate of drug-likeness (QED) is 0.163. The molecule has 10 aromatic carbocycles. The Labute approximate surface area is 370 Å². The summed E-state index contributed by atoms with van der Waals surface area (Å²) in [6.45, 7) is 4.72. The highest BCUT2D eigenvalue weighted by molar-refractivity contribution is 6.29. The molecule has 0 atom stereocenters. The van der Waals surface area contributed by atoms with Gasteiger partial charge in [-0.25, -0.2) is 15.0 Å². The lowest BCUT2D eigenvalue weighted by atomic mass is 9.82. The normalized spacial score (nSPS) is 13.0. The van der Waals surface area contributed by atoms with Crippen molar-refractivity contribution in [2.24, 2.45) is 0 Å². The van der Waals surface area contributed by atoms with Crippen molar-refractivity contribution in [2.45, 2.75) is 19.3 Å². The summed E-state index contributed by atoms with van der Waals surface area (Å²) in [4.78, 5) is 15.8. The van der Waals surface area contributed by atoms with Crippen LogP contribution in [0.15, 0.2) is 206 Å². The van der Waals surface area contributed by atoms with E-state index in [0.717, 1.165) is 44.3 Å².